The van der Waals surface area contributed by atoms with E-state index in [0.29, 0.717) is 0 Å². The number of rotatable bonds is 2. The highest BCUT2D eigenvalue weighted by Crippen LogP contribution is 2.96. The standard InChI is InChI=1S/C15H18O4/c1-18-11(16)10-9-4-7-13-5-3-6-14(13,8-9)15(10,13)12(17)19-2/h4,7,9-10H,3,5-6,8H2,1-2H3. The maximum Gasteiger partial charge on any atom is 0.314 e. The maximum absolute atomic E-state index is 12.5. The Kier molecular flexibility index (Phi) is 1.85. The predicted molar refractivity (Wildman–Crippen MR) is 65.9 cm³/mol. The molecule has 0 aromatic carbocycles. The van der Waals surface area contributed by atoms with Crippen molar-refractivity contribution in [3.8, 4) is 0 Å². The van der Waals surface area contributed by atoms with Crippen molar-refractivity contribution in [1.82, 2.24) is 0 Å². The summed E-state index contributed by atoms with van der Waals surface area (Å²) in [5.41, 5.74) is -0.772. The Morgan fingerprint density at radius 2 is 2.00 bits per heavy atom. The number of hydrogen-bond acceptors (Lipinski definition) is 4. The highest BCUT2D eigenvalue weighted by molar-refractivity contribution is 5.95. The van der Waals surface area contributed by atoms with Crippen LogP contribution >= 0.6 is 0 Å². The number of esters is 2. The Morgan fingerprint density at radius 3 is 2.63 bits per heavy atom. The first-order valence-electron chi connectivity index (χ1n) is 6.97. The smallest absolute Gasteiger partial charge is 0.314 e. The van der Waals surface area contributed by atoms with Crippen LogP contribution in [0.1, 0.15) is 25.7 Å². The summed E-state index contributed by atoms with van der Waals surface area (Å²) in [6.07, 6.45) is 8.47. The van der Waals surface area contributed by atoms with E-state index in [4.69, 9.17) is 9.47 Å². The van der Waals surface area contributed by atoms with Crippen LogP contribution < -0.4 is 0 Å². The summed E-state index contributed by atoms with van der Waals surface area (Å²) in [7, 11) is 2.84. The fourth-order valence-electron chi connectivity index (χ4n) is 6.20. The highest BCUT2D eigenvalue weighted by atomic mass is 16.5. The molecule has 0 amide bonds. The third-order valence-corrected chi connectivity index (χ3v) is 6.49. The van der Waals surface area contributed by atoms with Crippen molar-refractivity contribution in [3.63, 3.8) is 0 Å². The molecule has 0 N–H and O–H groups in total. The topological polar surface area (TPSA) is 52.6 Å². The molecule has 0 aromatic heterocycles. The predicted octanol–water partition coefficient (Wildman–Crippen LogP) is 1.70. The molecule has 3 fully saturated rings. The SMILES string of the molecule is COC(=O)C1C2C=CC34CCCC3(C2)C14C(=O)OC. The minimum atomic E-state index is -0.625. The van der Waals surface area contributed by atoms with Gasteiger partial charge in [-0.3, -0.25) is 9.59 Å². The Bertz CT molecular complexity index is 524. The average Bonchev–Trinajstić information content (AvgIpc) is 2.74. The second-order valence-corrected chi connectivity index (χ2v) is 6.43. The van der Waals surface area contributed by atoms with Gasteiger partial charge in [0.15, 0.2) is 0 Å². The highest BCUT2D eigenvalue weighted by Gasteiger charge is 2.97. The first-order valence-corrected chi connectivity index (χ1v) is 6.97. The van der Waals surface area contributed by atoms with E-state index in [1.807, 2.05) is 0 Å². The molecule has 3 saturated carbocycles. The van der Waals surface area contributed by atoms with Crippen molar-refractivity contribution in [2.75, 3.05) is 14.2 Å². The van der Waals surface area contributed by atoms with Crippen LogP contribution in [0.3, 0.4) is 0 Å². The average molecular weight is 262 g/mol. The van der Waals surface area contributed by atoms with Gasteiger partial charge in [-0.1, -0.05) is 18.6 Å². The zero-order valence-electron chi connectivity index (χ0n) is 11.3. The molecule has 0 aliphatic heterocycles. The van der Waals surface area contributed by atoms with Gasteiger partial charge in [0.05, 0.1) is 25.6 Å². The second kappa shape index (κ2) is 3.05. The Balaban J connectivity index is 1.92. The third kappa shape index (κ3) is 0.808. The van der Waals surface area contributed by atoms with Gasteiger partial charge in [0, 0.05) is 5.41 Å². The van der Waals surface area contributed by atoms with E-state index in [1.165, 1.54) is 14.2 Å². The van der Waals surface area contributed by atoms with Gasteiger partial charge < -0.3 is 9.47 Å². The van der Waals surface area contributed by atoms with Crippen LogP contribution in [0.2, 0.25) is 0 Å². The van der Waals surface area contributed by atoms with Crippen molar-refractivity contribution >= 4 is 11.9 Å². The lowest BCUT2D eigenvalue weighted by Gasteiger charge is -2.34. The molecule has 4 bridgehead atoms. The maximum atomic E-state index is 12.5. The van der Waals surface area contributed by atoms with E-state index in [0.717, 1.165) is 25.7 Å². The van der Waals surface area contributed by atoms with Crippen molar-refractivity contribution in [3.05, 3.63) is 12.2 Å². The Hall–Kier alpha value is -1.32. The lowest BCUT2D eigenvalue weighted by molar-refractivity contribution is -0.163. The minimum absolute atomic E-state index is 0.0225. The van der Waals surface area contributed by atoms with Gasteiger partial charge in [0.2, 0.25) is 0 Å². The van der Waals surface area contributed by atoms with Crippen LogP contribution in [0.5, 0.6) is 0 Å². The van der Waals surface area contributed by atoms with Gasteiger partial charge in [-0.2, -0.15) is 0 Å². The lowest BCUT2D eigenvalue weighted by Crippen LogP contribution is -2.42. The lowest BCUT2D eigenvalue weighted by atomic mass is 9.69. The van der Waals surface area contributed by atoms with Gasteiger partial charge in [-0.15, -0.1) is 0 Å². The van der Waals surface area contributed by atoms with Crippen LogP contribution in [-0.2, 0) is 19.1 Å². The van der Waals surface area contributed by atoms with Crippen LogP contribution in [0.4, 0.5) is 0 Å². The monoisotopic (exact) mass is 262 g/mol. The molecule has 4 nitrogen and oxygen atoms in total. The number of methoxy groups -OCH3 is 2. The summed E-state index contributed by atoms with van der Waals surface area (Å²) >= 11 is 0. The van der Waals surface area contributed by atoms with E-state index in [9.17, 15) is 9.59 Å². The molecule has 102 valence electrons. The summed E-state index contributed by atoms with van der Waals surface area (Å²) < 4.78 is 10.1. The number of allylic oxidation sites excluding steroid dienone is 2. The molecule has 0 radical (unpaired) electrons. The summed E-state index contributed by atoms with van der Waals surface area (Å²) in [6.45, 7) is 0. The normalized spacial score (nSPS) is 51.7. The summed E-state index contributed by atoms with van der Waals surface area (Å²) in [6, 6.07) is 0. The van der Waals surface area contributed by atoms with Crippen molar-refractivity contribution < 1.29 is 19.1 Å². The van der Waals surface area contributed by atoms with Crippen molar-refractivity contribution in [2.45, 2.75) is 25.7 Å². The molecule has 19 heavy (non-hydrogen) atoms. The number of carbonyl (C=O) groups excluding carboxylic acids is 2. The van der Waals surface area contributed by atoms with E-state index in [2.05, 4.69) is 12.2 Å². The molecule has 5 aliphatic rings. The van der Waals surface area contributed by atoms with Crippen LogP contribution in [0.15, 0.2) is 12.2 Å². The molecule has 0 saturated heterocycles. The van der Waals surface area contributed by atoms with Crippen molar-refractivity contribution in [1.29, 1.82) is 0 Å². The minimum Gasteiger partial charge on any atom is -0.469 e. The second-order valence-electron chi connectivity index (χ2n) is 6.43. The van der Waals surface area contributed by atoms with E-state index in [-0.39, 0.29) is 34.6 Å². The zero-order chi connectivity index (χ0) is 13.5. The largest absolute Gasteiger partial charge is 0.469 e. The Morgan fingerprint density at radius 1 is 1.21 bits per heavy atom. The molecule has 4 heteroatoms. The van der Waals surface area contributed by atoms with Crippen molar-refractivity contribution in [2.24, 2.45) is 28.1 Å². The fraction of sp³-hybridized carbons (Fsp3) is 0.733. The van der Waals surface area contributed by atoms with E-state index in [1.54, 1.807) is 0 Å². The molecule has 5 rings (SSSR count). The quantitative estimate of drug-likeness (QED) is 0.561. The van der Waals surface area contributed by atoms with Gasteiger partial charge in [0.25, 0.3) is 0 Å². The molecule has 0 aromatic rings. The summed E-state index contributed by atoms with van der Waals surface area (Å²) in [4.78, 5) is 24.8. The van der Waals surface area contributed by atoms with Gasteiger partial charge >= 0.3 is 11.9 Å². The van der Waals surface area contributed by atoms with Crippen LogP contribution in [0.25, 0.3) is 0 Å². The molecule has 0 heterocycles. The van der Waals surface area contributed by atoms with Gasteiger partial charge in [-0.05, 0) is 30.6 Å². The van der Waals surface area contributed by atoms with Crippen LogP contribution in [0, 0.1) is 28.1 Å². The third-order valence-electron chi connectivity index (χ3n) is 6.49. The number of ether oxygens (including phenoxy) is 2. The molecule has 5 aliphatic carbocycles. The van der Waals surface area contributed by atoms with E-state index < -0.39 is 5.41 Å². The van der Waals surface area contributed by atoms with E-state index >= 15 is 0 Å². The zero-order valence-corrected chi connectivity index (χ0v) is 11.3. The molecule has 5 unspecified atom stereocenters. The summed E-state index contributed by atoms with van der Waals surface area (Å²) in [5.74, 6) is -0.637. The first kappa shape index (κ1) is 11.5. The molecular weight excluding hydrogens is 244 g/mol. The summed E-state index contributed by atoms with van der Waals surface area (Å²) in [5, 5.41) is 0. The van der Waals surface area contributed by atoms with Crippen LogP contribution in [-0.4, -0.2) is 26.2 Å². The number of carbonyl (C=O) groups is 2. The molecule has 5 atom stereocenters. The fourth-order valence-corrected chi connectivity index (χ4v) is 6.20. The first-order chi connectivity index (χ1) is 9.11. The molecular formula is C15H18O4. The molecule has 2 spiro atoms. The Labute approximate surface area is 112 Å². The van der Waals surface area contributed by atoms with Gasteiger partial charge in [-0.25, -0.2) is 0 Å². The van der Waals surface area contributed by atoms with Gasteiger partial charge in [0.1, 0.15) is 0 Å². The number of hydrogen-bond donors (Lipinski definition) is 0.